The predicted octanol–water partition coefficient (Wildman–Crippen LogP) is 3.14. The van der Waals surface area contributed by atoms with Gasteiger partial charge in [-0.3, -0.25) is 0 Å². The van der Waals surface area contributed by atoms with E-state index < -0.39 is 0 Å². The van der Waals surface area contributed by atoms with Crippen molar-refractivity contribution in [3.8, 4) is 0 Å². The number of hydrogen-bond donors (Lipinski definition) is 1. The van der Waals surface area contributed by atoms with Crippen LogP contribution in [0.2, 0.25) is 0 Å². The van der Waals surface area contributed by atoms with Gasteiger partial charge in [-0.2, -0.15) is 0 Å². The van der Waals surface area contributed by atoms with Crippen molar-refractivity contribution in [2.45, 2.75) is 46.0 Å². The molecule has 0 amide bonds. The van der Waals surface area contributed by atoms with E-state index in [9.17, 15) is 0 Å². The van der Waals surface area contributed by atoms with Crippen LogP contribution in [0, 0.1) is 12.5 Å². The van der Waals surface area contributed by atoms with E-state index in [0.717, 1.165) is 13.2 Å². The van der Waals surface area contributed by atoms with Crippen molar-refractivity contribution in [1.82, 2.24) is 0 Å². The van der Waals surface area contributed by atoms with Gasteiger partial charge in [0.1, 0.15) is 0 Å². The molecular weight excluding hydrogens is 164 g/mol. The third-order valence-electron chi connectivity index (χ3n) is 2.29. The summed E-state index contributed by atoms with van der Waals surface area (Å²) >= 11 is 0. The SMILES string of the molecule is CCCCC(CC)COCC[CH]O. The summed E-state index contributed by atoms with van der Waals surface area (Å²) < 4.78 is 5.43. The Hall–Kier alpha value is -0.0800. The molecule has 0 rings (SSSR count). The Bertz CT molecular complexity index is 94.1. The quantitative estimate of drug-likeness (QED) is 0.562. The second-order valence-electron chi connectivity index (χ2n) is 3.46. The lowest BCUT2D eigenvalue weighted by Gasteiger charge is -2.14. The molecule has 1 N–H and O–H groups in total. The lowest BCUT2D eigenvalue weighted by molar-refractivity contribution is 0.0899. The molecule has 0 saturated heterocycles. The van der Waals surface area contributed by atoms with Gasteiger partial charge in [-0.15, -0.1) is 0 Å². The van der Waals surface area contributed by atoms with Crippen molar-refractivity contribution in [3.05, 3.63) is 6.61 Å². The standard InChI is InChI=1S/C11H23O2/c1-3-5-7-11(4-2)10-13-9-6-8-12/h8,11-12H,3-7,9-10H2,1-2H3. The summed E-state index contributed by atoms with van der Waals surface area (Å²) in [6.07, 6.45) is 5.68. The maximum absolute atomic E-state index is 8.43. The Morgan fingerprint density at radius 1 is 1.38 bits per heavy atom. The molecule has 0 heterocycles. The average Bonchev–Trinajstić information content (AvgIpc) is 2.17. The van der Waals surface area contributed by atoms with Crippen molar-refractivity contribution in [2.24, 2.45) is 5.92 Å². The van der Waals surface area contributed by atoms with Gasteiger partial charge in [0.25, 0.3) is 0 Å². The van der Waals surface area contributed by atoms with Crippen LogP contribution in [-0.4, -0.2) is 18.3 Å². The third kappa shape index (κ3) is 8.26. The Morgan fingerprint density at radius 3 is 2.69 bits per heavy atom. The maximum Gasteiger partial charge on any atom is 0.0821 e. The van der Waals surface area contributed by atoms with Crippen LogP contribution in [-0.2, 0) is 4.74 Å². The van der Waals surface area contributed by atoms with E-state index in [1.54, 1.807) is 0 Å². The number of hydrogen-bond acceptors (Lipinski definition) is 2. The third-order valence-corrected chi connectivity index (χ3v) is 2.29. The molecular formula is C11H23O2. The second kappa shape index (κ2) is 10.0. The number of aliphatic hydroxyl groups excluding tert-OH is 1. The average molecular weight is 187 g/mol. The molecule has 79 valence electrons. The molecule has 0 bridgehead atoms. The number of aliphatic hydroxyl groups is 1. The highest BCUT2D eigenvalue weighted by Gasteiger charge is 2.04. The van der Waals surface area contributed by atoms with E-state index in [1.807, 2.05) is 0 Å². The van der Waals surface area contributed by atoms with Crippen molar-refractivity contribution in [2.75, 3.05) is 13.2 Å². The zero-order valence-electron chi connectivity index (χ0n) is 8.96. The Kier molecular flexibility index (Phi) is 9.94. The fourth-order valence-corrected chi connectivity index (χ4v) is 1.28. The molecule has 0 aromatic heterocycles. The largest absolute Gasteiger partial charge is 0.390 e. The van der Waals surface area contributed by atoms with Crippen LogP contribution in [0.4, 0.5) is 0 Å². The van der Waals surface area contributed by atoms with Crippen LogP contribution in [0.3, 0.4) is 0 Å². The monoisotopic (exact) mass is 187 g/mol. The summed E-state index contributed by atoms with van der Waals surface area (Å²) in [5.41, 5.74) is 0. The van der Waals surface area contributed by atoms with Crippen LogP contribution in [0.25, 0.3) is 0 Å². The molecule has 0 aliphatic rings. The highest BCUT2D eigenvalue weighted by atomic mass is 16.5. The minimum Gasteiger partial charge on any atom is -0.390 e. The number of ether oxygens (including phenoxy) is 1. The molecule has 0 saturated carbocycles. The summed E-state index contributed by atoms with van der Waals surface area (Å²) in [5.74, 6) is 0.707. The molecule has 1 unspecified atom stereocenters. The van der Waals surface area contributed by atoms with Crippen molar-refractivity contribution in [1.29, 1.82) is 0 Å². The Labute approximate surface area is 82.3 Å². The molecule has 0 aromatic carbocycles. The van der Waals surface area contributed by atoms with Gasteiger partial charge in [-0.1, -0.05) is 33.1 Å². The van der Waals surface area contributed by atoms with Gasteiger partial charge in [0, 0.05) is 13.2 Å². The molecule has 13 heavy (non-hydrogen) atoms. The fourth-order valence-electron chi connectivity index (χ4n) is 1.28. The minimum atomic E-state index is 0.643. The molecule has 0 spiro atoms. The highest BCUT2D eigenvalue weighted by molar-refractivity contribution is 4.56. The molecule has 0 aliphatic carbocycles. The van der Waals surface area contributed by atoms with Crippen molar-refractivity contribution >= 4 is 0 Å². The molecule has 0 aliphatic heterocycles. The van der Waals surface area contributed by atoms with E-state index in [2.05, 4.69) is 13.8 Å². The van der Waals surface area contributed by atoms with Gasteiger partial charge in [0.05, 0.1) is 6.61 Å². The lowest BCUT2D eigenvalue weighted by Crippen LogP contribution is -2.09. The first-order chi connectivity index (χ1) is 6.35. The number of rotatable bonds is 9. The van der Waals surface area contributed by atoms with Gasteiger partial charge in [-0.25, -0.2) is 0 Å². The van der Waals surface area contributed by atoms with Crippen molar-refractivity contribution in [3.63, 3.8) is 0 Å². The molecule has 0 fully saturated rings. The predicted molar refractivity (Wildman–Crippen MR) is 55.0 cm³/mol. The van der Waals surface area contributed by atoms with Crippen LogP contribution in [0.5, 0.6) is 0 Å². The normalized spacial score (nSPS) is 13.2. The zero-order valence-corrected chi connectivity index (χ0v) is 8.96. The highest BCUT2D eigenvalue weighted by Crippen LogP contribution is 2.12. The molecule has 2 heteroatoms. The Balaban J connectivity index is 3.25. The summed E-state index contributed by atoms with van der Waals surface area (Å²) in [6, 6.07) is 0. The minimum absolute atomic E-state index is 0.643. The van der Waals surface area contributed by atoms with Gasteiger partial charge >= 0.3 is 0 Å². The first-order valence-corrected chi connectivity index (χ1v) is 5.38. The van der Waals surface area contributed by atoms with Gasteiger partial charge in [0.15, 0.2) is 0 Å². The lowest BCUT2D eigenvalue weighted by atomic mass is 10.0. The maximum atomic E-state index is 8.43. The summed E-state index contributed by atoms with van der Waals surface area (Å²) in [7, 11) is 0. The van der Waals surface area contributed by atoms with Gasteiger partial charge in [0.2, 0.25) is 0 Å². The molecule has 1 atom stereocenters. The zero-order chi connectivity index (χ0) is 9.94. The van der Waals surface area contributed by atoms with Crippen LogP contribution in [0.15, 0.2) is 0 Å². The fraction of sp³-hybridized carbons (Fsp3) is 0.909. The van der Waals surface area contributed by atoms with E-state index in [1.165, 1.54) is 25.7 Å². The van der Waals surface area contributed by atoms with Crippen molar-refractivity contribution < 1.29 is 9.84 Å². The molecule has 0 aromatic rings. The first-order valence-electron chi connectivity index (χ1n) is 5.38. The second-order valence-corrected chi connectivity index (χ2v) is 3.46. The van der Waals surface area contributed by atoms with Crippen LogP contribution < -0.4 is 0 Å². The van der Waals surface area contributed by atoms with Gasteiger partial charge < -0.3 is 9.84 Å². The summed E-state index contributed by atoms with van der Waals surface area (Å²) in [4.78, 5) is 0. The topological polar surface area (TPSA) is 29.5 Å². The summed E-state index contributed by atoms with van der Waals surface area (Å²) in [6.45, 7) is 7.09. The van der Waals surface area contributed by atoms with E-state index in [4.69, 9.17) is 9.84 Å². The van der Waals surface area contributed by atoms with E-state index in [0.29, 0.717) is 18.9 Å². The van der Waals surface area contributed by atoms with Crippen LogP contribution >= 0.6 is 0 Å². The first kappa shape index (κ1) is 12.9. The summed E-state index contributed by atoms with van der Waals surface area (Å²) in [5, 5.41) is 8.43. The van der Waals surface area contributed by atoms with E-state index in [-0.39, 0.29) is 0 Å². The van der Waals surface area contributed by atoms with Gasteiger partial charge in [-0.05, 0) is 18.8 Å². The number of unbranched alkanes of at least 4 members (excludes halogenated alkanes) is 1. The Morgan fingerprint density at radius 2 is 2.15 bits per heavy atom. The molecule has 1 radical (unpaired) electrons. The molecule has 2 nitrogen and oxygen atoms in total. The van der Waals surface area contributed by atoms with Crippen LogP contribution in [0.1, 0.15) is 46.0 Å². The smallest absolute Gasteiger partial charge is 0.0821 e. The van der Waals surface area contributed by atoms with E-state index >= 15 is 0 Å².